The van der Waals surface area contributed by atoms with Gasteiger partial charge in [-0.1, -0.05) is 26.8 Å². The Morgan fingerprint density at radius 2 is 2.06 bits per heavy atom. The molecule has 2 N–H and O–H groups in total. The number of rotatable bonds is 4. The highest BCUT2D eigenvalue weighted by molar-refractivity contribution is 5.42. The van der Waals surface area contributed by atoms with Crippen LogP contribution in [0.15, 0.2) is 18.3 Å². The minimum absolute atomic E-state index is 0.167. The van der Waals surface area contributed by atoms with Gasteiger partial charge in [0.15, 0.2) is 0 Å². The van der Waals surface area contributed by atoms with Crippen LogP contribution in [0, 0.1) is 0 Å². The number of aromatic nitrogens is 1. The minimum atomic E-state index is 0.167. The lowest BCUT2D eigenvalue weighted by atomic mass is 9.88. The van der Waals surface area contributed by atoms with Gasteiger partial charge in [0, 0.05) is 25.3 Å². The van der Waals surface area contributed by atoms with Crippen LogP contribution in [0.4, 0.5) is 5.82 Å². The van der Waals surface area contributed by atoms with Crippen molar-refractivity contribution in [1.82, 2.24) is 4.98 Å². The van der Waals surface area contributed by atoms with E-state index in [0.717, 1.165) is 12.4 Å². The van der Waals surface area contributed by atoms with Crippen molar-refractivity contribution in [1.29, 1.82) is 0 Å². The number of hydrogen-bond acceptors (Lipinski definition) is 3. The molecular formula is C15H25N3. The molecular weight excluding hydrogens is 222 g/mol. The van der Waals surface area contributed by atoms with E-state index in [-0.39, 0.29) is 5.41 Å². The molecule has 1 heterocycles. The summed E-state index contributed by atoms with van der Waals surface area (Å²) in [5.41, 5.74) is 7.17. The van der Waals surface area contributed by atoms with Gasteiger partial charge in [0.05, 0.1) is 0 Å². The van der Waals surface area contributed by atoms with Crippen LogP contribution in [0.1, 0.15) is 45.6 Å². The van der Waals surface area contributed by atoms with E-state index < -0.39 is 0 Å². The molecule has 0 radical (unpaired) electrons. The first-order valence-electron chi connectivity index (χ1n) is 6.95. The lowest BCUT2D eigenvalue weighted by Gasteiger charge is -2.38. The van der Waals surface area contributed by atoms with E-state index >= 15 is 0 Å². The Morgan fingerprint density at radius 1 is 1.33 bits per heavy atom. The summed E-state index contributed by atoms with van der Waals surface area (Å²) in [5.74, 6) is 1.08. The topological polar surface area (TPSA) is 42.1 Å². The number of hydrogen-bond donors (Lipinski definition) is 1. The Bertz CT molecular complexity index is 374. The number of pyridine rings is 1. The average molecular weight is 247 g/mol. The summed E-state index contributed by atoms with van der Waals surface area (Å²) < 4.78 is 0. The lowest BCUT2D eigenvalue weighted by Crippen LogP contribution is -2.43. The van der Waals surface area contributed by atoms with Crippen LogP contribution >= 0.6 is 0 Å². The SMILES string of the molecule is CC(C)(C)c1ccc(N(CCN)C2CCC2)nc1. The Balaban J connectivity index is 2.15. The largest absolute Gasteiger partial charge is 0.352 e. The second kappa shape index (κ2) is 5.27. The highest BCUT2D eigenvalue weighted by Crippen LogP contribution is 2.29. The fraction of sp³-hybridized carbons (Fsp3) is 0.667. The summed E-state index contributed by atoms with van der Waals surface area (Å²) in [6.07, 6.45) is 5.91. The van der Waals surface area contributed by atoms with Gasteiger partial charge in [-0.3, -0.25) is 0 Å². The van der Waals surface area contributed by atoms with E-state index in [0.29, 0.717) is 12.6 Å². The molecule has 3 nitrogen and oxygen atoms in total. The van der Waals surface area contributed by atoms with Gasteiger partial charge in [-0.25, -0.2) is 4.98 Å². The number of nitrogens with two attached hydrogens (primary N) is 1. The Hall–Kier alpha value is -1.09. The maximum Gasteiger partial charge on any atom is 0.128 e. The molecule has 1 aliphatic rings. The molecule has 0 bridgehead atoms. The van der Waals surface area contributed by atoms with E-state index in [4.69, 9.17) is 5.73 Å². The highest BCUT2D eigenvalue weighted by Gasteiger charge is 2.25. The van der Waals surface area contributed by atoms with E-state index in [1.165, 1.54) is 24.8 Å². The predicted molar refractivity (Wildman–Crippen MR) is 77.0 cm³/mol. The van der Waals surface area contributed by atoms with Crippen molar-refractivity contribution >= 4 is 5.82 Å². The maximum atomic E-state index is 5.71. The molecule has 18 heavy (non-hydrogen) atoms. The van der Waals surface area contributed by atoms with Crippen LogP contribution in [0.3, 0.4) is 0 Å². The summed E-state index contributed by atoms with van der Waals surface area (Å²) in [6.45, 7) is 8.25. The Morgan fingerprint density at radius 3 is 2.44 bits per heavy atom. The summed E-state index contributed by atoms with van der Waals surface area (Å²) in [5, 5.41) is 0. The van der Waals surface area contributed by atoms with Gasteiger partial charge in [0.25, 0.3) is 0 Å². The lowest BCUT2D eigenvalue weighted by molar-refractivity contribution is 0.386. The van der Waals surface area contributed by atoms with Crippen molar-refractivity contribution in [2.75, 3.05) is 18.0 Å². The molecule has 0 aliphatic heterocycles. The molecule has 0 saturated heterocycles. The first-order chi connectivity index (χ1) is 8.52. The molecule has 2 rings (SSSR count). The Labute approximate surface area is 110 Å². The van der Waals surface area contributed by atoms with Crippen LogP contribution in [0.2, 0.25) is 0 Å². The first kappa shape index (κ1) is 13.3. The zero-order valence-corrected chi connectivity index (χ0v) is 11.8. The quantitative estimate of drug-likeness (QED) is 0.889. The average Bonchev–Trinajstić information content (AvgIpc) is 2.25. The van der Waals surface area contributed by atoms with Crippen LogP contribution in [0.5, 0.6) is 0 Å². The van der Waals surface area contributed by atoms with Crippen LogP contribution in [-0.4, -0.2) is 24.1 Å². The first-order valence-corrected chi connectivity index (χ1v) is 6.95. The van der Waals surface area contributed by atoms with Crippen LogP contribution < -0.4 is 10.6 Å². The smallest absolute Gasteiger partial charge is 0.128 e. The van der Waals surface area contributed by atoms with Crippen LogP contribution in [0.25, 0.3) is 0 Å². The molecule has 1 aromatic heterocycles. The minimum Gasteiger partial charge on any atom is -0.352 e. The van der Waals surface area contributed by atoms with E-state index in [1.54, 1.807) is 0 Å². The number of nitrogens with zero attached hydrogens (tertiary/aromatic N) is 2. The molecule has 1 aliphatic carbocycles. The number of anilines is 1. The highest BCUT2D eigenvalue weighted by atomic mass is 15.2. The second-order valence-electron chi connectivity index (χ2n) is 6.22. The summed E-state index contributed by atoms with van der Waals surface area (Å²) in [4.78, 5) is 7.01. The van der Waals surface area contributed by atoms with Gasteiger partial charge >= 0.3 is 0 Å². The van der Waals surface area contributed by atoms with Crippen molar-refractivity contribution < 1.29 is 0 Å². The third-order valence-corrected chi connectivity index (χ3v) is 3.79. The third-order valence-electron chi connectivity index (χ3n) is 3.79. The van der Waals surface area contributed by atoms with Crippen LogP contribution in [-0.2, 0) is 5.41 Å². The fourth-order valence-corrected chi connectivity index (χ4v) is 2.32. The van der Waals surface area contributed by atoms with E-state index in [1.807, 2.05) is 6.20 Å². The van der Waals surface area contributed by atoms with Gasteiger partial charge in [0.1, 0.15) is 5.82 Å². The molecule has 1 aromatic rings. The molecule has 0 unspecified atom stereocenters. The second-order valence-corrected chi connectivity index (χ2v) is 6.22. The van der Waals surface area contributed by atoms with Gasteiger partial charge in [0.2, 0.25) is 0 Å². The van der Waals surface area contributed by atoms with E-state index in [9.17, 15) is 0 Å². The van der Waals surface area contributed by atoms with Crippen molar-refractivity contribution in [2.24, 2.45) is 5.73 Å². The summed E-state index contributed by atoms with van der Waals surface area (Å²) in [6, 6.07) is 5.00. The molecule has 0 aromatic carbocycles. The normalized spacial score (nSPS) is 16.4. The summed E-state index contributed by atoms with van der Waals surface area (Å²) >= 11 is 0. The van der Waals surface area contributed by atoms with Crippen molar-refractivity contribution in [3.63, 3.8) is 0 Å². The predicted octanol–water partition coefficient (Wildman–Crippen LogP) is 2.70. The van der Waals surface area contributed by atoms with Gasteiger partial charge in [-0.2, -0.15) is 0 Å². The van der Waals surface area contributed by atoms with Crippen molar-refractivity contribution in [3.8, 4) is 0 Å². The molecule has 1 fully saturated rings. The maximum absolute atomic E-state index is 5.71. The zero-order chi connectivity index (χ0) is 13.2. The summed E-state index contributed by atoms with van der Waals surface area (Å²) in [7, 11) is 0. The Kier molecular flexibility index (Phi) is 3.91. The molecule has 1 saturated carbocycles. The molecule has 100 valence electrons. The van der Waals surface area contributed by atoms with Gasteiger partial charge < -0.3 is 10.6 Å². The van der Waals surface area contributed by atoms with Gasteiger partial charge in [-0.15, -0.1) is 0 Å². The fourth-order valence-electron chi connectivity index (χ4n) is 2.32. The molecule has 3 heteroatoms. The monoisotopic (exact) mass is 247 g/mol. The van der Waals surface area contributed by atoms with Crippen molar-refractivity contribution in [2.45, 2.75) is 51.5 Å². The third kappa shape index (κ3) is 2.83. The molecule has 0 amide bonds. The molecule has 0 atom stereocenters. The van der Waals surface area contributed by atoms with Crippen molar-refractivity contribution in [3.05, 3.63) is 23.9 Å². The zero-order valence-electron chi connectivity index (χ0n) is 11.8. The molecule has 0 spiro atoms. The standard InChI is InChI=1S/C15H25N3/c1-15(2,3)12-7-8-14(17-11-12)18(10-9-16)13-5-4-6-13/h7-8,11,13H,4-6,9-10,16H2,1-3H3. The van der Waals surface area contributed by atoms with E-state index in [2.05, 4.69) is 42.8 Å². The van der Waals surface area contributed by atoms with Gasteiger partial charge in [-0.05, 0) is 36.3 Å².